The molecule has 0 unspecified atom stereocenters. The summed E-state index contributed by atoms with van der Waals surface area (Å²) in [6.07, 6.45) is 2.71. The van der Waals surface area contributed by atoms with Gasteiger partial charge >= 0.3 is 5.97 Å². The smallest absolute Gasteiger partial charge is 0.303 e. The van der Waals surface area contributed by atoms with Crippen molar-refractivity contribution in [3.05, 3.63) is 66.2 Å². The first-order chi connectivity index (χ1) is 11.2. The normalized spacial score (nSPS) is 10.8. The summed E-state index contributed by atoms with van der Waals surface area (Å²) in [5.41, 5.74) is 4.31. The van der Waals surface area contributed by atoms with Gasteiger partial charge in [0.25, 0.3) is 0 Å². The lowest BCUT2D eigenvalue weighted by Crippen LogP contribution is -1.95. The fraction of sp³-hybridized carbons (Fsp3) is 0.200. The van der Waals surface area contributed by atoms with Gasteiger partial charge in [0.2, 0.25) is 0 Å². The van der Waals surface area contributed by atoms with Crippen LogP contribution < -0.4 is 0 Å². The number of carboxylic acids is 1. The van der Waals surface area contributed by atoms with Crippen LogP contribution in [0.4, 0.5) is 0 Å². The number of fused-ring (bicyclic) bond motifs is 1. The lowest BCUT2D eigenvalue weighted by Gasteiger charge is -2.08. The maximum Gasteiger partial charge on any atom is 0.303 e. The van der Waals surface area contributed by atoms with Crippen molar-refractivity contribution in [3.8, 4) is 11.3 Å². The first-order valence-corrected chi connectivity index (χ1v) is 7.90. The lowest BCUT2D eigenvalue weighted by molar-refractivity contribution is -0.137. The fourth-order valence-corrected chi connectivity index (χ4v) is 2.80. The van der Waals surface area contributed by atoms with E-state index in [0.717, 1.165) is 35.0 Å². The molecule has 0 aliphatic carbocycles. The summed E-state index contributed by atoms with van der Waals surface area (Å²) in [5, 5.41) is 9.87. The third kappa shape index (κ3) is 3.75. The van der Waals surface area contributed by atoms with E-state index >= 15 is 0 Å². The number of carbonyl (C=O) groups is 1. The van der Waals surface area contributed by atoms with Crippen molar-refractivity contribution >= 4 is 16.9 Å². The molecule has 0 aliphatic heterocycles. The Bertz CT molecular complexity index is 812. The second-order valence-electron chi connectivity index (χ2n) is 5.65. The Kier molecular flexibility index (Phi) is 4.67. The summed E-state index contributed by atoms with van der Waals surface area (Å²) < 4.78 is 0. The van der Waals surface area contributed by atoms with Gasteiger partial charge < -0.3 is 5.11 Å². The zero-order valence-corrected chi connectivity index (χ0v) is 12.9. The van der Waals surface area contributed by atoms with Crippen LogP contribution in [-0.4, -0.2) is 16.1 Å². The zero-order chi connectivity index (χ0) is 16.1. The highest BCUT2D eigenvalue weighted by Gasteiger charge is 2.05. The molecule has 1 aromatic heterocycles. The minimum absolute atomic E-state index is 0.237. The largest absolute Gasteiger partial charge is 0.481 e. The molecule has 3 nitrogen and oxygen atoms in total. The summed E-state index contributed by atoms with van der Waals surface area (Å²) in [6.45, 7) is 0. The Hall–Kier alpha value is -2.68. The molecule has 3 heteroatoms. The first kappa shape index (κ1) is 15.2. The number of hydrogen-bond donors (Lipinski definition) is 1. The number of aliphatic carboxylic acids is 1. The van der Waals surface area contributed by atoms with Gasteiger partial charge in [0.05, 0.1) is 11.2 Å². The van der Waals surface area contributed by atoms with E-state index in [-0.39, 0.29) is 6.42 Å². The van der Waals surface area contributed by atoms with Crippen LogP contribution in [0.15, 0.2) is 60.7 Å². The minimum atomic E-state index is -0.725. The van der Waals surface area contributed by atoms with Gasteiger partial charge in [0.15, 0.2) is 0 Å². The number of aromatic nitrogens is 1. The van der Waals surface area contributed by atoms with Crippen LogP contribution in [-0.2, 0) is 11.2 Å². The molecule has 0 atom stereocenters. The van der Waals surface area contributed by atoms with Crippen LogP contribution in [0, 0.1) is 0 Å². The average molecular weight is 305 g/mol. The van der Waals surface area contributed by atoms with Crippen LogP contribution >= 0.6 is 0 Å². The molecule has 0 saturated heterocycles. The number of nitrogens with zero attached hydrogens (tertiary/aromatic N) is 1. The van der Waals surface area contributed by atoms with Crippen LogP contribution in [0.25, 0.3) is 22.2 Å². The highest BCUT2D eigenvalue weighted by molar-refractivity contribution is 5.84. The molecule has 0 fully saturated rings. The molecule has 0 saturated carbocycles. The van der Waals surface area contributed by atoms with E-state index in [9.17, 15) is 4.79 Å². The Labute approximate surface area is 135 Å². The Balaban J connectivity index is 1.83. The molecule has 1 heterocycles. The van der Waals surface area contributed by atoms with Crippen molar-refractivity contribution in [2.45, 2.75) is 25.7 Å². The molecule has 0 bridgehead atoms. The molecule has 23 heavy (non-hydrogen) atoms. The lowest BCUT2D eigenvalue weighted by atomic mass is 10.0. The molecular formula is C20H19NO2. The average Bonchev–Trinajstić information content (AvgIpc) is 2.59. The zero-order valence-electron chi connectivity index (χ0n) is 12.9. The van der Waals surface area contributed by atoms with Crippen LogP contribution in [0.5, 0.6) is 0 Å². The van der Waals surface area contributed by atoms with E-state index < -0.39 is 5.97 Å². The number of rotatable bonds is 6. The van der Waals surface area contributed by atoms with Crippen molar-refractivity contribution in [2.75, 3.05) is 0 Å². The second-order valence-corrected chi connectivity index (χ2v) is 5.65. The number of pyridine rings is 1. The van der Waals surface area contributed by atoms with E-state index in [1.54, 1.807) is 0 Å². The highest BCUT2D eigenvalue weighted by atomic mass is 16.4. The fourth-order valence-electron chi connectivity index (χ4n) is 2.80. The number of benzene rings is 2. The van der Waals surface area contributed by atoms with Crippen LogP contribution in [0.3, 0.4) is 0 Å². The van der Waals surface area contributed by atoms with Gasteiger partial charge in [-0.2, -0.15) is 0 Å². The van der Waals surface area contributed by atoms with E-state index in [0.29, 0.717) is 6.42 Å². The van der Waals surface area contributed by atoms with Gasteiger partial charge in [-0.1, -0.05) is 48.5 Å². The number of hydrogen-bond acceptors (Lipinski definition) is 2. The molecule has 2 aromatic carbocycles. The number of aryl methyl sites for hydroxylation is 1. The third-order valence-electron chi connectivity index (χ3n) is 3.98. The van der Waals surface area contributed by atoms with E-state index in [1.807, 2.05) is 30.3 Å². The Morgan fingerprint density at radius 1 is 0.913 bits per heavy atom. The third-order valence-corrected chi connectivity index (χ3v) is 3.98. The molecule has 0 spiro atoms. The molecule has 3 rings (SSSR count). The summed E-state index contributed by atoms with van der Waals surface area (Å²) >= 11 is 0. The highest BCUT2D eigenvalue weighted by Crippen LogP contribution is 2.24. The van der Waals surface area contributed by atoms with Crippen molar-refractivity contribution in [3.63, 3.8) is 0 Å². The summed E-state index contributed by atoms with van der Waals surface area (Å²) in [6, 6.07) is 20.5. The standard InChI is InChI=1S/C20H19NO2/c22-20(23)12-5-4-7-15-10-6-11-19-17(15)13-14-18(21-19)16-8-2-1-3-9-16/h1-3,6,8-11,13-14H,4-5,7,12H2,(H,22,23). The number of unbranched alkanes of at least 4 members (excludes halogenated alkanes) is 1. The first-order valence-electron chi connectivity index (χ1n) is 7.90. The van der Waals surface area contributed by atoms with E-state index in [4.69, 9.17) is 10.1 Å². The minimum Gasteiger partial charge on any atom is -0.481 e. The van der Waals surface area contributed by atoms with E-state index in [2.05, 4.69) is 30.3 Å². The summed E-state index contributed by atoms with van der Waals surface area (Å²) in [4.78, 5) is 15.4. The molecule has 0 aliphatic rings. The maximum absolute atomic E-state index is 10.6. The second kappa shape index (κ2) is 7.05. The number of carboxylic acid groups (broad SMARTS) is 1. The quantitative estimate of drug-likeness (QED) is 0.672. The van der Waals surface area contributed by atoms with Crippen molar-refractivity contribution in [1.82, 2.24) is 4.98 Å². The van der Waals surface area contributed by atoms with E-state index in [1.165, 1.54) is 5.56 Å². The van der Waals surface area contributed by atoms with Crippen molar-refractivity contribution in [1.29, 1.82) is 0 Å². The molecule has 0 amide bonds. The van der Waals surface area contributed by atoms with Gasteiger partial charge in [-0.05, 0) is 37.0 Å². The van der Waals surface area contributed by atoms with Gasteiger partial charge in [-0.25, -0.2) is 4.98 Å². The van der Waals surface area contributed by atoms with Crippen LogP contribution in [0.2, 0.25) is 0 Å². The van der Waals surface area contributed by atoms with Gasteiger partial charge in [-0.15, -0.1) is 0 Å². The van der Waals surface area contributed by atoms with Gasteiger partial charge in [0.1, 0.15) is 0 Å². The van der Waals surface area contributed by atoms with Crippen molar-refractivity contribution < 1.29 is 9.90 Å². The summed E-state index contributed by atoms with van der Waals surface area (Å²) in [5.74, 6) is -0.725. The van der Waals surface area contributed by atoms with Crippen LogP contribution in [0.1, 0.15) is 24.8 Å². The molecule has 0 radical (unpaired) electrons. The SMILES string of the molecule is O=C(O)CCCCc1cccc2nc(-c3ccccc3)ccc12. The predicted molar refractivity (Wildman–Crippen MR) is 92.4 cm³/mol. The Morgan fingerprint density at radius 3 is 2.52 bits per heavy atom. The summed E-state index contributed by atoms with van der Waals surface area (Å²) in [7, 11) is 0. The molecule has 116 valence electrons. The van der Waals surface area contributed by atoms with Crippen molar-refractivity contribution in [2.24, 2.45) is 0 Å². The molecule has 3 aromatic rings. The Morgan fingerprint density at radius 2 is 1.74 bits per heavy atom. The monoisotopic (exact) mass is 305 g/mol. The maximum atomic E-state index is 10.6. The van der Waals surface area contributed by atoms with Gasteiger partial charge in [-0.3, -0.25) is 4.79 Å². The van der Waals surface area contributed by atoms with Gasteiger partial charge in [0, 0.05) is 17.4 Å². The molecule has 1 N–H and O–H groups in total. The predicted octanol–water partition coefficient (Wildman–Crippen LogP) is 4.70. The topological polar surface area (TPSA) is 50.2 Å². The molecular weight excluding hydrogens is 286 g/mol.